The highest BCUT2D eigenvalue weighted by atomic mass is 16.5. The second kappa shape index (κ2) is 6.60. The maximum atomic E-state index is 5.74. The highest BCUT2D eigenvalue weighted by Crippen LogP contribution is 2.26. The number of aryl methyl sites for hydroxylation is 2. The van der Waals surface area contributed by atoms with E-state index in [-0.39, 0.29) is 6.10 Å². The number of benzene rings is 1. The summed E-state index contributed by atoms with van der Waals surface area (Å²) in [5.41, 5.74) is 10.7. The molecular formula is C17H24N4O. The first-order valence-corrected chi connectivity index (χ1v) is 7.79. The number of rotatable bonds is 4. The van der Waals surface area contributed by atoms with E-state index in [2.05, 4.69) is 41.2 Å². The first-order chi connectivity index (χ1) is 10.7. The van der Waals surface area contributed by atoms with Gasteiger partial charge < -0.3 is 10.5 Å². The van der Waals surface area contributed by atoms with Crippen LogP contribution in [-0.2, 0) is 18.3 Å². The number of ether oxygens (including phenoxy) is 1. The van der Waals surface area contributed by atoms with Gasteiger partial charge in [-0.05, 0) is 24.6 Å². The fourth-order valence-electron chi connectivity index (χ4n) is 3.01. The van der Waals surface area contributed by atoms with Crippen LogP contribution in [0.25, 0.3) is 11.3 Å². The Labute approximate surface area is 131 Å². The van der Waals surface area contributed by atoms with Crippen molar-refractivity contribution in [3.8, 4) is 11.3 Å². The van der Waals surface area contributed by atoms with E-state index in [1.54, 1.807) is 0 Å². The molecule has 0 spiro atoms. The molecule has 1 saturated heterocycles. The van der Waals surface area contributed by atoms with Crippen molar-refractivity contribution in [3.63, 3.8) is 0 Å². The molecule has 5 heteroatoms. The second-order valence-corrected chi connectivity index (χ2v) is 5.96. The van der Waals surface area contributed by atoms with E-state index >= 15 is 0 Å². The SMILES string of the molecule is Cc1ccc(CN2CCOC(CN)C2)c(-c2ccnn2C)c1. The smallest absolute Gasteiger partial charge is 0.0824 e. The van der Waals surface area contributed by atoms with E-state index < -0.39 is 0 Å². The Kier molecular flexibility index (Phi) is 4.57. The normalized spacial score (nSPS) is 19.5. The van der Waals surface area contributed by atoms with Crippen LogP contribution < -0.4 is 5.73 Å². The highest BCUT2D eigenvalue weighted by Gasteiger charge is 2.20. The molecule has 0 bridgehead atoms. The van der Waals surface area contributed by atoms with Crippen molar-refractivity contribution in [2.45, 2.75) is 19.6 Å². The summed E-state index contributed by atoms with van der Waals surface area (Å²) in [6.45, 7) is 6.24. The molecule has 2 heterocycles. The Bertz CT molecular complexity index is 637. The van der Waals surface area contributed by atoms with Crippen molar-refractivity contribution in [2.24, 2.45) is 12.8 Å². The molecule has 1 fully saturated rings. The predicted octanol–water partition coefficient (Wildman–Crippen LogP) is 1.56. The summed E-state index contributed by atoms with van der Waals surface area (Å²) in [6.07, 6.45) is 2.00. The van der Waals surface area contributed by atoms with Crippen LogP contribution >= 0.6 is 0 Å². The number of nitrogens with two attached hydrogens (primary N) is 1. The van der Waals surface area contributed by atoms with Crippen molar-refractivity contribution < 1.29 is 4.74 Å². The van der Waals surface area contributed by atoms with E-state index in [1.807, 2.05) is 17.9 Å². The zero-order chi connectivity index (χ0) is 15.5. The molecule has 2 N–H and O–H groups in total. The Hall–Kier alpha value is -1.69. The Morgan fingerprint density at radius 3 is 2.95 bits per heavy atom. The fourth-order valence-corrected chi connectivity index (χ4v) is 3.01. The van der Waals surface area contributed by atoms with Crippen LogP contribution in [0.2, 0.25) is 0 Å². The number of morpholine rings is 1. The van der Waals surface area contributed by atoms with Crippen LogP contribution in [0, 0.1) is 6.92 Å². The van der Waals surface area contributed by atoms with Crippen LogP contribution in [0.5, 0.6) is 0 Å². The van der Waals surface area contributed by atoms with Crippen molar-refractivity contribution in [3.05, 3.63) is 41.6 Å². The number of aromatic nitrogens is 2. The molecule has 1 unspecified atom stereocenters. The van der Waals surface area contributed by atoms with Crippen LogP contribution in [0.3, 0.4) is 0 Å². The van der Waals surface area contributed by atoms with Gasteiger partial charge in [-0.25, -0.2) is 0 Å². The third-order valence-electron chi connectivity index (χ3n) is 4.24. The maximum Gasteiger partial charge on any atom is 0.0824 e. The summed E-state index contributed by atoms with van der Waals surface area (Å²) in [5, 5.41) is 4.30. The minimum atomic E-state index is 0.152. The summed E-state index contributed by atoms with van der Waals surface area (Å²) in [5.74, 6) is 0. The van der Waals surface area contributed by atoms with E-state index in [0.29, 0.717) is 6.54 Å². The van der Waals surface area contributed by atoms with Gasteiger partial charge in [-0.15, -0.1) is 0 Å². The Morgan fingerprint density at radius 1 is 1.36 bits per heavy atom. The van der Waals surface area contributed by atoms with E-state index in [1.165, 1.54) is 16.7 Å². The Morgan fingerprint density at radius 2 is 2.23 bits per heavy atom. The largest absolute Gasteiger partial charge is 0.374 e. The molecule has 1 atom stereocenters. The summed E-state index contributed by atoms with van der Waals surface area (Å²) >= 11 is 0. The first kappa shape index (κ1) is 15.2. The molecule has 0 amide bonds. The third-order valence-corrected chi connectivity index (χ3v) is 4.24. The molecule has 3 rings (SSSR count). The quantitative estimate of drug-likeness (QED) is 0.931. The molecule has 0 aliphatic carbocycles. The Balaban J connectivity index is 1.86. The number of nitrogens with zero attached hydrogens (tertiary/aromatic N) is 3. The van der Waals surface area contributed by atoms with Crippen molar-refractivity contribution in [1.82, 2.24) is 14.7 Å². The fraction of sp³-hybridized carbons (Fsp3) is 0.471. The highest BCUT2D eigenvalue weighted by molar-refractivity contribution is 5.64. The zero-order valence-electron chi connectivity index (χ0n) is 13.3. The average Bonchev–Trinajstić information content (AvgIpc) is 2.95. The van der Waals surface area contributed by atoms with Crippen molar-refractivity contribution in [1.29, 1.82) is 0 Å². The molecule has 5 nitrogen and oxygen atoms in total. The zero-order valence-corrected chi connectivity index (χ0v) is 13.3. The van der Waals surface area contributed by atoms with Crippen LogP contribution in [0.1, 0.15) is 11.1 Å². The lowest BCUT2D eigenvalue weighted by Gasteiger charge is -2.32. The molecule has 1 aliphatic heterocycles. The summed E-state index contributed by atoms with van der Waals surface area (Å²) in [7, 11) is 1.99. The molecular weight excluding hydrogens is 276 g/mol. The average molecular weight is 300 g/mol. The van der Waals surface area contributed by atoms with Crippen molar-refractivity contribution >= 4 is 0 Å². The lowest BCUT2D eigenvalue weighted by molar-refractivity contribution is -0.0260. The second-order valence-electron chi connectivity index (χ2n) is 5.96. The monoisotopic (exact) mass is 300 g/mol. The summed E-state index contributed by atoms with van der Waals surface area (Å²) in [4.78, 5) is 2.42. The minimum absolute atomic E-state index is 0.152. The summed E-state index contributed by atoms with van der Waals surface area (Å²) in [6, 6.07) is 8.72. The van der Waals surface area contributed by atoms with E-state index in [4.69, 9.17) is 10.5 Å². The minimum Gasteiger partial charge on any atom is -0.374 e. The van der Waals surface area contributed by atoms with Crippen LogP contribution in [0.4, 0.5) is 0 Å². The van der Waals surface area contributed by atoms with Gasteiger partial charge in [0.25, 0.3) is 0 Å². The van der Waals surface area contributed by atoms with Gasteiger partial charge in [0.15, 0.2) is 0 Å². The van der Waals surface area contributed by atoms with Crippen LogP contribution in [0.15, 0.2) is 30.5 Å². The third kappa shape index (κ3) is 3.21. The molecule has 1 aromatic heterocycles. The van der Waals surface area contributed by atoms with Crippen LogP contribution in [-0.4, -0.2) is 47.0 Å². The number of hydrogen-bond acceptors (Lipinski definition) is 4. The van der Waals surface area contributed by atoms with Gasteiger partial charge >= 0.3 is 0 Å². The molecule has 2 aromatic rings. The molecule has 1 aromatic carbocycles. The number of hydrogen-bond donors (Lipinski definition) is 1. The molecule has 118 valence electrons. The van der Waals surface area contributed by atoms with Gasteiger partial charge in [0.1, 0.15) is 0 Å². The topological polar surface area (TPSA) is 56.3 Å². The first-order valence-electron chi connectivity index (χ1n) is 7.79. The van der Waals surface area contributed by atoms with Gasteiger partial charge in [0.2, 0.25) is 0 Å². The molecule has 1 aliphatic rings. The van der Waals surface area contributed by atoms with Gasteiger partial charge in [-0.3, -0.25) is 9.58 Å². The van der Waals surface area contributed by atoms with Gasteiger partial charge in [0, 0.05) is 45.0 Å². The lowest BCUT2D eigenvalue weighted by Crippen LogP contribution is -2.45. The van der Waals surface area contributed by atoms with Gasteiger partial charge in [-0.2, -0.15) is 5.10 Å². The summed E-state index contributed by atoms with van der Waals surface area (Å²) < 4.78 is 7.59. The van der Waals surface area contributed by atoms with E-state index in [0.717, 1.165) is 31.9 Å². The van der Waals surface area contributed by atoms with Gasteiger partial charge in [0.05, 0.1) is 18.4 Å². The molecule has 0 saturated carbocycles. The van der Waals surface area contributed by atoms with Gasteiger partial charge in [-0.1, -0.05) is 17.7 Å². The lowest BCUT2D eigenvalue weighted by atomic mass is 10.0. The molecule has 0 radical (unpaired) electrons. The maximum absolute atomic E-state index is 5.74. The predicted molar refractivity (Wildman–Crippen MR) is 87.5 cm³/mol. The van der Waals surface area contributed by atoms with Crippen molar-refractivity contribution in [2.75, 3.05) is 26.2 Å². The molecule has 22 heavy (non-hydrogen) atoms. The standard InChI is InChI=1S/C17H24N4O/c1-13-3-4-14(11-21-7-8-22-15(10-18)12-21)16(9-13)17-5-6-19-20(17)2/h3-6,9,15H,7-8,10-12,18H2,1-2H3. The van der Waals surface area contributed by atoms with E-state index in [9.17, 15) is 0 Å².